The molecule has 1 heterocycles. The highest BCUT2D eigenvalue weighted by Crippen LogP contribution is 2.32. The molecule has 0 aromatic carbocycles. The van der Waals surface area contributed by atoms with E-state index in [1.807, 2.05) is 6.07 Å². The highest BCUT2D eigenvalue weighted by atomic mass is 35.5. The molecule has 0 saturated heterocycles. The van der Waals surface area contributed by atoms with Gasteiger partial charge in [0.1, 0.15) is 0 Å². The molecule has 1 aliphatic rings. The minimum absolute atomic E-state index is 0.723. The fraction of sp³-hybridized carbons (Fsp3) is 0.667. The molecule has 1 aromatic heterocycles. The summed E-state index contributed by atoms with van der Waals surface area (Å²) in [7, 11) is 0. The van der Waals surface area contributed by atoms with Crippen LogP contribution in [0.1, 0.15) is 24.1 Å². The van der Waals surface area contributed by atoms with E-state index in [4.69, 9.17) is 23.2 Å². The van der Waals surface area contributed by atoms with Crippen molar-refractivity contribution in [2.24, 2.45) is 11.8 Å². The second-order valence-corrected chi connectivity index (χ2v) is 6.55. The van der Waals surface area contributed by atoms with Crippen molar-refractivity contribution in [2.75, 3.05) is 12.4 Å². The first kappa shape index (κ1) is 12.7. The van der Waals surface area contributed by atoms with Crippen LogP contribution in [0.5, 0.6) is 0 Å². The fourth-order valence-corrected chi connectivity index (χ4v) is 3.88. The van der Waals surface area contributed by atoms with Gasteiger partial charge in [-0.05, 0) is 43.4 Å². The number of halogens is 2. The molecule has 1 saturated carbocycles. The summed E-state index contributed by atoms with van der Waals surface area (Å²) < 4.78 is 0.872. The summed E-state index contributed by atoms with van der Waals surface area (Å²) in [6, 6.07) is 4.05. The molecule has 90 valence electrons. The zero-order valence-corrected chi connectivity index (χ0v) is 11.5. The maximum absolute atomic E-state index is 5.96. The van der Waals surface area contributed by atoms with Crippen molar-refractivity contribution in [3.8, 4) is 0 Å². The zero-order valence-electron chi connectivity index (χ0n) is 9.22. The third kappa shape index (κ3) is 3.36. The minimum atomic E-state index is 0.723. The van der Waals surface area contributed by atoms with E-state index >= 15 is 0 Å². The molecule has 2 unspecified atom stereocenters. The standard InChI is InChI=1S/C12H17Cl2NS/c13-6-9-2-1-3-10(9)7-15-8-11-4-5-12(14)16-11/h4-5,9-10,15H,1-3,6-8H2. The molecule has 0 aliphatic heterocycles. The van der Waals surface area contributed by atoms with Gasteiger partial charge in [-0.1, -0.05) is 18.0 Å². The van der Waals surface area contributed by atoms with Gasteiger partial charge in [-0.3, -0.25) is 0 Å². The Kier molecular flexibility index (Phi) is 4.96. The van der Waals surface area contributed by atoms with Crippen molar-refractivity contribution in [2.45, 2.75) is 25.8 Å². The van der Waals surface area contributed by atoms with Crippen molar-refractivity contribution < 1.29 is 0 Å². The predicted octanol–water partition coefficient (Wildman–Crippen LogP) is 4.15. The fourth-order valence-electron chi connectivity index (χ4n) is 2.41. The molecule has 0 radical (unpaired) electrons. The lowest BCUT2D eigenvalue weighted by molar-refractivity contribution is 0.396. The smallest absolute Gasteiger partial charge is 0.0931 e. The second-order valence-electron chi connectivity index (χ2n) is 4.44. The molecule has 0 spiro atoms. The van der Waals surface area contributed by atoms with Crippen molar-refractivity contribution in [3.05, 3.63) is 21.3 Å². The Balaban J connectivity index is 1.71. The van der Waals surface area contributed by atoms with Crippen LogP contribution < -0.4 is 5.32 Å². The van der Waals surface area contributed by atoms with Crippen LogP contribution in [0.25, 0.3) is 0 Å². The first-order valence-corrected chi connectivity index (χ1v) is 7.53. The van der Waals surface area contributed by atoms with Crippen LogP contribution >= 0.6 is 34.5 Å². The van der Waals surface area contributed by atoms with Gasteiger partial charge in [-0.15, -0.1) is 22.9 Å². The van der Waals surface area contributed by atoms with Crippen LogP contribution in [0.15, 0.2) is 12.1 Å². The van der Waals surface area contributed by atoms with E-state index in [-0.39, 0.29) is 0 Å². The molecule has 1 nitrogen and oxygen atoms in total. The highest BCUT2D eigenvalue weighted by molar-refractivity contribution is 7.16. The van der Waals surface area contributed by atoms with E-state index in [9.17, 15) is 0 Å². The minimum Gasteiger partial charge on any atom is -0.312 e. The molecular formula is C12H17Cl2NS. The Morgan fingerprint density at radius 2 is 2.12 bits per heavy atom. The van der Waals surface area contributed by atoms with Crippen molar-refractivity contribution >= 4 is 34.5 Å². The molecule has 0 amide bonds. The van der Waals surface area contributed by atoms with Crippen molar-refractivity contribution in [1.29, 1.82) is 0 Å². The van der Waals surface area contributed by atoms with Crippen LogP contribution in [0.2, 0.25) is 4.34 Å². The molecule has 1 fully saturated rings. The van der Waals surface area contributed by atoms with Crippen LogP contribution in [0, 0.1) is 11.8 Å². The van der Waals surface area contributed by atoms with E-state index in [2.05, 4.69) is 11.4 Å². The van der Waals surface area contributed by atoms with E-state index in [1.54, 1.807) is 11.3 Å². The van der Waals surface area contributed by atoms with Crippen LogP contribution in [-0.4, -0.2) is 12.4 Å². The molecule has 2 rings (SSSR count). The summed E-state index contributed by atoms with van der Waals surface area (Å²) in [6.45, 7) is 2.02. The summed E-state index contributed by atoms with van der Waals surface area (Å²) in [5, 5.41) is 3.51. The van der Waals surface area contributed by atoms with Gasteiger partial charge in [0.05, 0.1) is 4.34 Å². The van der Waals surface area contributed by atoms with Gasteiger partial charge in [0.2, 0.25) is 0 Å². The zero-order chi connectivity index (χ0) is 11.4. The Morgan fingerprint density at radius 3 is 2.81 bits per heavy atom. The second kappa shape index (κ2) is 6.25. The van der Waals surface area contributed by atoms with Crippen molar-refractivity contribution in [3.63, 3.8) is 0 Å². The van der Waals surface area contributed by atoms with Crippen molar-refractivity contribution in [1.82, 2.24) is 5.32 Å². The SMILES string of the molecule is ClCC1CCCC1CNCc1ccc(Cl)s1. The Labute approximate surface area is 111 Å². The third-order valence-corrected chi connectivity index (χ3v) is 4.98. The van der Waals surface area contributed by atoms with Crippen LogP contribution in [0.4, 0.5) is 0 Å². The molecule has 16 heavy (non-hydrogen) atoms. The summed E-state index contributed by atoms with van der Waals surface area (Å²) in [5.74, 6) is 2.31. The summed E-state index contributed by atoms with van der Waals surface area (Å²) >= 11 is 13.5. The lowest BCUT2D eigenvalue weighted by Crippen LogP contribution is -2.25. The van der Waals surface area contributed by atoms with E-state index in [0.29, 0.717) is 0 Å². The molecule has 0 bridgehead atoms. The molecule has 1 aliphatic carbocycles. The lowest BCUT2D eigenvalue weighted by atomic mass is 9.98. The Hall–Kier alpha value is 0.240. The Morgan fingerprint density at radius 1 is 1.31 bits per heavy atom. The topological polar surface area (TPSA) is 12.0 Å². The van der Waals surface area contributed by atoms with E-state index in [1.165, 1.54) is 24.1 Å². The largest absolute Gasteiger partial charge is 0.312 e. The lowest BCUT2D eigenvalue weighted by Gasteiger charge is -2.17. The number of rotatable bonds is 5. The summed E-state index contributed by atoms with van der Waals surface area (Å²) in [5.41, 5.74) is 0. The average molecular weight is 278 g/mol. The Bertz CT molecular complexity index is 327. The molecule has 1 N–H and O–H groups in total. The highest BCUT2D eigenvalue weighted by Gasteiger charge is 2.25. The monoisotopic (exact) mass is 277 g/mol. The predicted molar refractivity (Wildman–Crippen MR) is 72.6 cm³/mol. The van der Waals surface area contributed by atoms with Gasteiger partial charge in [0.25, 0.3) is 0 Å². The van der Waals surface area contributed by atoms with Crippen LogP contribution in [0.3, 0.4) is 0 Å². The van der Waals surface area contributed by atoms with Crippen LogP contribution in [-0.2, 0) is 6.54 Å². The molecule has 2 atom stereocenters. The number of hydrogen-bond donors (Lipinski definition) is 1. The number of hydrogen-bond acceptors (Lipinski definition) is 2. The van der Waals surface area contributed by atoms with E-state index < -0.39 is 0 Å². The van der Waals surface area contributed by atoms with Gasteiger partial charge in [-0.25, -0.2) is 0 Å². The summed E-state index contributed by atoms with van der Waals surface area (Å²) in [6.07, 6.45) is 3.98. The summed E-state index contributed by atoms with van der Waals surface area (Å²) in [4.78, 5) is 1.31. The molecule has 1 aromatic rings. The van der Waals surface area contributed by atoms with E-state index in [0.717, 1.165) is 35.1 Å². The normalized spacial score (nSPS) is 25.1. The average Bonchev–Trinajstić information content (AvgIpc) is 2.87. The number of nitrogens with one attached hydrogen (secondary N) is 1. The van der Waals surface area contributed by atoms with Gasteiger partial charge >= 0.3 is 0 Å². The number of thiophene rings is 1. The van der Waals surface area contributed by atoms with Gasteiger partial charge in [0, 0.05) is 17.3 Å². The van der Waals surface area contributed by atoms with Gasteiger partial charge in [0.15, 0.2) is 0 Å². The maximum Gasteiger partial charge on any atom is 0.0931 e. The number of alkyl halides is 1. The molecule has 4 heteroatoms. The third-order valence-electron chi connectivity index (χ3n) is 3.35. The van der Waals surface area contributed by atoms with Gasteiger partial charge in [-0.2, -0.15) is 0 Å². The first-order chi connectivity index (χ1) is 7.79. The maximum atomic E-state index is 5.96. The quantitative estimate of drug-likeness (QED) is 0.798. The first-order valence-electron chi connectivity index (χ1n) is 5.80. The molecular weight excluding hydrogens is 261 g/mol. The van der Waals surface area contributed by atoms with Gasteiger partial charge < -0.3 is 5.32 Å².